The summed E-state index contributed by atoms with van der Waals surface area (Å²) in [5.41, 5.74) is 0.946. The highest BCUT2D eigenvalue weighted by Gasteiger charge is 2.26. The number of methoxy groups -OCH3 is 1. The molecule has 2 aromatic rings. The predicted molar refractivity (Wildman–Crippen MR) is 113 cm³/mol. The van der Waals surface area contributed by atoms with Gasteiger partial charge in [0.1, 0.15) is 6.04 Å². The van der Waals surface area contributed by atoms with E-state index in [1.165, 1.54) is 0 Å². The van der Waals surface area contributed by atoms with E-state index in [2.05, 4.69) is 5.32 Å². The molecule has 6 nitrogen and oxygen atoms in total. The van der Waals surface area contributed by atoms with Crippen molar-refractivity contribution in [1.29, 1.82) is 0 Å². The number of nitrogens with one attached hydrogen (secondary N) is 1. The van der Waals surface area contributed by atoms with Gasteiger partial charge in [0.25, 0.3) is 5.91 Å². The maximum atomic E-state index is 13.0. The second-order valence-electron chi connectivity index (χ2n) is 7.26. The molecule has 0 aliphatic heterocycles. The quantitative estimate of drug-likeness (QED) is 0.667. The molecule has 0 saturated heterocycles. The van der Waals surface area contributed by atoms with Crippen molar-refractivity contribution in [3.05, 3.63) is 60.2 Å². The molecule has 2 amide bonds. The molecule has 2 aromatic carbocycles. The molecule has 0 fully saturated rings. The van der Waals surface area contributed by atoms with Gasteiger partial charge in [-0.1, -0.05) is 56.3 Å². The monoisotopic (exact) mass is 398 g/mol. The fourth-order valence-corrected chi connectivity index (χ4v) is 2.78. The van der Waals surface area contributed by atoms with Crippen LogP contribution in [0.4, 0.5) is 0 Å². The molecule has 1 N–H and O–H groups in total. The Morgan fingerprint density at radius 3 is 2.21 bits per heavy atom. The van der Waals surface area contributed by atoms with Crippen molar-refractivity contribution in [2.24, 2.45) is 5.92 Å². The summed E-state index contributed by atoms with van der Waals surface area (Å²) >= 11 is 0. The van der Waals surface area contributed by atoms with Gasteiger partial charge in [-0.15, -0.1) is 0 Å². The van der Waals surface area contributed by atoms with Crippen LogP contribution in [0.15, 0.2) is 54.6 Å². The van der Waals surface area contributed by atoms with Gasteiger partial charge >= 0.3 is 0 Å². The lowest BCUT2D eigenvalue weighted by atomic mass is 10.1. The summed E-state index contributed by atoms with van der Waals surface area (Å²) in [5.74, 6) is 0.920. The summed E-state index contributed by atoms with van der Waals surface area (Å²) in [6.45, 7) is 6.49. The lowest BCUT2D eigenvalue weighted by Gasteiger charge is -2.29. The molecule has 2 rings (SSSR count). The highest BCUT2D eigenvalue weighted by atomic mass is 16.5. The van der Waals surface area contributed by atoms with Crippen molar-refractivity contribution in [1.82, 2.24) is 10.2 Å². The van der Waals surface area contributed by atoms with E-state index in [0.29, 0.717) is 30.5 Å². The van der Waals surface area contributed by atoms with Crippen molar-refractivity contribution >= 4 is 11.8 Å². The fourth-order valence-electron chi connectivity index (χ4n) is 2.78. The zero-order chi connectivity index (χ0) is 21.2. The average Bonchev–Trinajstić information content (AvgIpc) is 2.74. The minimum Gasteiger partial charge on any atom is -0.493 e. The molecule has 156 valence electrons. The van der Waals surface area contributed by atoms with Crippen LogP contribution in [-0.2, 0) is 16.1 Å². The third kappa shape index (κ3) is 6.82. The summed E-state index contributed by atoms with van der Waals surface area (Å²) in [7, 11) is 1.55. The molecule has 1 atom stereocenters. The summed E-state index contributed by atoms with van der Waals surface area (Å²) < 4.78 is 10.9. The number of hydrogen-bond acceptors (Lipinski definition) is 4. The van der Waals surface area contributed by atoms with Gasteiger partial charge in [0.15, 0.2) is 18.1 Å². The van der Waals surface area contributed by atoms with E-state index < -0.39 is 6.04 Å². The first-order valence-corrected chi connectivity index (χ1v) is 9.79. The average molecular weight is 399 g/mol. The van der Waals surface area contributed by atoms with E-state index in [0.717, 1.165) is 5.56 Å². The number of nitrogens with zero attached hydrogens (tertiary/aromatic N) is 1. The van der Waals surface area contributed by atoms with Gasteiger partial charge in [0, 0.05) is 13.1 Å². The molecule has 6 heteroatoms. The smallest absolute Gasteiger partial charge is 0.261 e. The van der Waals surface area contributed by atoms with Crippen LogP contribution in [0.5, 0.6) is 11.5 Å². The molecule has 0 aliphatic rings. The van der Waals surface area contributed by atoms with Gasteiger partial charge in [-0.3, -0.25) is 9.59 Å². The number of carbonyl (C=O) groups is 2. The van der Waals surface area contributed by atoms with Crippen LogP contribution in [0.25, 0.3) is 0 Å². The number of amides is 2. The van der Waals surface area contributed by atoms with Crippen molar-refractivity contribution in [3.63, 3.8) is 0 Å². The second-order valence-corrected chi connectivity index (χ2v) is 7.26. The molecule has 0 saturated carbocycles. The summed E-state index contributed by atoms with van der Waals surface area (Å²) in [5, 5.41) is 2.90. The Labute approximate surface area is 172 Å². The molecule has 0 aliphatic carbocycles. The summed E-state index contributed by atoms with van der Waals surface area (Å²) in [6.07, 6.45) is 0. The third-order valence-corrected chi connectivity index (χ3v) is 4.47. The van der Waals surface area contributed by atoms with Gasteiger partial charge in [0.05, 0.1) is 7.11 Å². The van der Waals surface area contributed by atoms with E-state index in [1.54, 1.807) is 31.1 Å². The van der Waals surface area contributed by atoms with Crippen LogP contribution < -0.4 is 14.8 Å². The predicted octanol–water partition coefficient (Wildman–Crippen LogP) is 3.26. The number of carbonyl (C=O) groups excluding carboxylic acids is 2. The standard InChI is InChI=1S/C23H30N2O4/c1-17(2)14-24-23(27)18(3)25(15-19-10-6-5-7-11-19)22(26)16-29-21-13-9-8-12-20(21)28-4/h5-13,17-18H,14-16H2,1-4H3,(H,24,27)/t18-/m1/s1. The molecular formula is C23H30N2O4. The van der Waals surface area contributed by atoms with Crippen molar-refractivity contribution < 1.29 is 19.1 Å². The van der Waals surface area contributed by atoms with Crippen LogP contribution in [0.2, 0.25) is 0 Å². The van der Waals surface area contributed by atoms with Gasteiger partial charge in [-0.05, 0) is 30.5 Å². The number of benzene rings is 2. The Morgan fingerprint density at radius 1 is 0.966 bits per heavy atom. The molecule has 0 spiro atoms. The molecule has 29 heavy (non-hydrogen) atoms. The van der Waals surface area contributed by atoms with E-state index in [9.17, 15) is 9.59 Å². The maximum absolute atomic E-state index is 13.0. The molecule has 0 unspecified atom stereocenters. The highest BCUT2D eigenvalue weighted by molar-refractivity contribution is 5.88. The molecule has 0 bridgehead atoms. The second kappa shape index (κ2) is 11.1. The maximum Gasteiger partial charge on any atom is 0.261 e. The first kappa shape index (κ1) is 22.3. The molecular weight excluding hydrogens is 368 g/mol. The van der Waals surface area contributed by atoms with Crippen LogP contribution in [0, 0.1) is 5.92 Å². The Morgan fingerprint density at radius 2 is 1.59 bits per heavy atom. The van der Waals surface area contributed by atoms with E-state index in [-0.39, 0.29) is 18.4 Å². The molecule has 0 heterocycles. The first-order chi connectivity index (χ1) is 13.9. The number of rotatable bonds is 10. The van der Waals surface area contributed by atoms with Crippen LogP contribution in [0.1, 0.15) is 26.3 Å². The zero-order valence-electron chi connectivity index (χ0n) is 17.6. The Balaban J connectivity index is 2.12. The lowest BCUT2D eigenvalue weighted by molar-refractivity contribution is -0.142. The number of ether oxygens (including phenoxy) is 2. The van der Waals surface area contributed by atoms with E-state index in [1.807, 2.05) is 56.3 Å². The summed E-state index contributed by atoms with van der Waals surface area (Å²) in [4.78, 5) is 27.1. The Bertz CT molecular complexity index is 792. The largest absolute Gasteiger partial charge is 0.493 e. The van der Waals surface area contributed by atoms with Crippen LogP contribution in [-0.4, -0.2) is 43.0 Å². The van der Waals surface area contributed by atoms with Crippen LogP contribution >= 0.6 is 0 Å². The SMILES string of the molecule is COc1ccccc1OCC(=O)N(Cc1ccccc1)[C@H](C)C(=O)NCC(C)C. The van der Waals surface area contributed by atoms with E-state index >= 15 is 0 Å². The van der Waals surface area contributed by atoms with Crippen molar-refractivity contribution in [3.8, 4) is 11.5 Å². The minimum absolute atomic E-state index is 0.180. The van der Waals surface area contributed by atoms with Crippen LogP contribution in [0.3, 0.4) is 0 Å². The summed E-state index contributed by atoms with van der Waals surface area (Å²) in [6, 6.07) is 16.1. The zero-order valence-corrected chi connectivity index (χ0v) is 17.6. The Kier molecular flexibility index (Phi) is 8.52. The van der Waals surface area contributed by atoms with Gasteiger partial charge < -0.3 is 19.7 Å². The number of para-hydroxylation sites is 2. The topological polar surface area (TPSA) is 67.9 Å². The minimum atomic E-state index is -0.622. The third-order valence-electron chi connectivity index (χ3n) is 4.47. The first-order valence-electron chi connectivity index (χ1n) is 9.79. The van der Waals surface area contributed by atoms with Gasteiger partial charge in [-0.25, -0.2) is 0 Å². The van der Waals surface area contributed by atoms with Gasteiger partial charge in [0.2, 0.25) is 5.91 Å². The molecule has 0 radical (unpaired) electrons. The van der Waals surface area contributed by atoms with Crippen molar-refractivity contribution in [2.75, 3.05) is 20.3 Å². The normalized spacial score (nSPS) is 11.6. The lowest BCUT2D eigenvalue weighted by Crippen LogP contribution is -2.49. The Hall–Kier alpha value is -3.02. The highest BCUT2D eigenvalue weighted by Crippen LogP contribution is 2.25. The van der Waals surface area contributed by atoms with Gasteiger partial charge in [-0.2, -0.15) is 0 Å². The fraction of sp³-hybridized carbons (Fsp3) is 0.391. The molecule has 0 aromatic heterocycles. The van der Waals surface area contributed by atoms with E-state index in [4.69, 9.17) is 9.47 Å². The van der Waals surface area contributed by atoms with Crippen molar-refractivity contribution in [2.45, 2.75) is 33.4 Å². The number of hydrogen-bond donors (Lipinski definition) is 1.